The molecule has 0 fully saturated rings. The van der Waals surface area contributed by atoms with Crippen molar-refractivity contribution < 1.29 is 68.1 Å². The van der Waals surface area contributed by atoms with Gasteiger partial charge < -0.3 is 66.4 Å². The Bertz CT molecular complexity index is 1880. The number of aliphatic carboxylic acids is 1. The van der Waals surface area contributed by atoms with Crippen molar-refractivity contribution in [1.82, 2.24) is 51.1 Å². The van der Waals surface area contributed by atoms with Gasteiger partial charge in [0, 0.05) is 42.2 Å². The van der Waals surface area contributed by atoms with Gasteiger partial charge in [0.15, 0.2) is 6.04 Å². The van der Waals surface area contributed by atoms with Gasteiger partial charge >= 0.3 is 5.97 Å². The van der Waals surface area contributed by atoms with E-state index in [1.165, 1.54) is 102 Å². The van der Waals surface area contributed by atoms with Crippen molar-refractivity contribution >= 4 is 65.0 Å². The summed E-state index contributed by atoms with van der Waals surface area (Å²) >= 11 is 0. The first-order valence-corrected chi connectivity index (χ1v) is 22.2. The van der Waals surface area contributed by atoms with Crippen molar-refractivity contribution in [2.75, 3.05) is 35.2 Å². The second-order valence-corrected chi connectivity index (χ2v) is 17.3. The van der Waals surface area contributed by atoms with Crippen LogP contribution in [0.15, 0.2) is 12.2 Å². The third-order valence-corrected chi connectivity index (χ3v) is 12.0. The number of rotatable bonds is 25. The molecule has 0 saturated heterocycles. The Labute approximate surface area is 398 Å². The predicted molar refractivity (Wildman–Crippen MR) is 247 cm³/mol. The zero-order chi connectivity index (χ0) is 53.4. The first-order chi connectivity index (χ1) is 31.2. The quantitative estimate of drug-likeness (QED) is 0.0428. The van der Waals surface area contributed by atoms with E-state index in [1.807, 2.05) is 0 Å². The Morgan fingerprint density at radius 3 is 1.18 bits per heavy atom. The van der Waals surface area contributed by atoms with Gasteiger partial charge in [-0.1, -0.05) is 19.1 Å². The molecular weight excluding hydrogens is 893 g/mol. The zero-order valence-corrected chi connectivity index (χ0v) is 42.4. The summed E-state index contributed by atoms with van der Waals surface area (Å²) in [6, 6.07) is -12.6. The smallest absolute Gasteiger partial charge is 0.328 e. The average molecular weight is 969 g/mol. The monoisotopic (exact) mass is 969 g/mol. The highest BCUT2D eigenvalue weighted by Gasteiger charge is 2.41. The van der Waals surface area contributed by atoms with Crippen LogP contribution in [0.2, 0.25) is 0 Å². The van der Waals surface area contributed by atoms with Gasteiger partial charge in [0.05, 0.1) is 12.2 Å². The Morgan fingerprint density at radius 2 is 0.824 bits per heavy atom. The lowest BCUT2D eigenvalue weighted by Gasteiger charge is -2.37. The first kappa shape index (κ1) is 61.8. The number of allylic oxidation sites excluding steroid dienone is 2. The van der Waals surface area contributed by atoms with Crippen molar-refractivity contribution in [1.29, 1.82) is 0 Å². The molecule has 0 heterocycles. The number of carboxylic acids is 1. The molecule has 0 aromatic carbocycles. The zero-order valence-electron chi connectivity index (χ0n) is 42.4. The molecule has 0 bridgehead atoms. The van der Waals surface area contributed by atoms with E-state index in [1.54, 1.807) is 26.0 Å². The number of nitrogens with one attached hydrogen (secondary N) is 5. The third-order valence-electron chi connectivity index (χ3n) is 12.0. The maximum atomic E-state index is 13.8. The standard InChI is InChI=1S/C44H76N10O14/c1-18-19-20-21(2)34(57)33(39(62)49-32(30(11)55)44(67)68)54(17)43(66)29(10)53(16)42(65)25(6)48-38(61)28(9)52(15)40(63)23(4)46-35(58)22(3)45-37(60)27(8)51(14)41(64)24(5)47-36(59)26(7)50(13)31(12)56/h18-19,21-30,32-34,55,57H,20H2,1-17H3,(H,45,60)(H,46,58)(H,47,59)(H,48,61)(H,49,62)(H,67,68)/b19-18+. The van der Waals surface area contributed by atoms with Gasteiger partial charge in [-0.25, -0.2) is 4.79 Å². The van der Waals surface area contributed by atoms with Crippen LogP contribution in [0, 0.1) is 5.92 Å². The molecule has 0 rings (SSSR count). The van der Waals surface area contributed by atoms with E-state index in [0.29, 0.717) is 0 Å². The number of hydrogen-bond acceptors (Lipinski definition) is 13. The maximum absolute atomic E-state index is 13.8. The first-order valence-electron chi connectivity index (χ1n) is 22.2. The molecule has 0 aliphatic carbocycles. The minimum atomic E-state index is -1.76. The van der Waals surface area contributed by atoms with Gasteiger partial charge in [0.2, 0.25) is 59.1 Å². The van der Waals surface area contributed by atoms with Gasteiger partial charge in [0.25, 0.3) is 0 Å². The Hall–Kier alpha value is -6.17. The lowest BCUT2D eigenvalue weighted by molar-refractivity contribution is -0.153. The molecule has 24 nitrogen and oxygen atoms in total. The fraction of sp³-hybridized carbons (Fsp3) is 0.705. The van der Waals surface area contributed by atoms with E-state index < -0.39 is 138 Å². The molecule has 0 aliphatic rings. The van der Waals surface area contributed by atoms with E-state index in [4.69, 9.17) is 0 Å². The van der Waals surface area contributed by atoms with E-state index in [2.05, 4.69) is 26.6 Å². The van der Waals surface area contributed by atoms with Crippen LogP contribution in [-0.4, -0.2) is 213 Å². The van der Waals surface area contributed by atoms with Crippen LogP contribution in [0.25, 0.3) is 0 Å². The van der Waals surface area contributed by atoms with E-state index in [-0.39, 0.29) is 12.3 Å². The van der Waals surface area contributed by atoms with Gasteiger partial charge in [-0.2, -0.15) is 0 Å². The molecule has 8 N–H and O–H groups in total. The van der Waals surface area contributed by atoms with Crippen LogP contribution in [0.3, 0.4) is 0 Å². The summed E-state index contributed by atoms with van der Waals surface area (Å²) in [6.45, 7) is 16.8. The molecule has 0 saturated carbocycles. The molecule has 13 unspecified atom stereocenters. The fourth-order valence-corrected chi connectivity index (χ4v) is 6.47. The molecule has 68 heavy (non-hydrogen) atoms. The minimum absolute atomic E-state index is 0.290. The lowest BCUT2D eigenvalue weighted by atomic mass is 9.92. The molecule has 386 valence electrons. The predicted octanol–water partition coefficient (Wildman–Crippen LogP) is -2.85. The average Bonchev–Trinajstić information content (AvgIpc) is 3.28. The molecular formula is C44H76N10O14. The summed E-state index contributed by atoms with van der Waals surface area (Å²) in [4.78, 5) is 148. The second-order valence-electron chi connectivity index (χ2n) is 17.3. The highest BCUT2D eigenvalue weighted by atomic mass is 16.4. The molecule has 13 atom stereocenters. The summed E-state index contributed by atoms with van der Waals surface area (Å²) in [5.41, 5.74) is 0. The lowest BCUT2D eigenvalue weighted by Crippen LogP contribution is -2.62. The number of amides is 10. The van der Waals surface area contributed by atoms with E-state index in [9.17, 15) is 68.1 Å². The SMILES string of the molecule is C/C=C/CC(C)C(O)C(C(=O)NC(C(=O)O)C(C)O)N(C)C(=O)C(C)N(C)C(=O)C(C)NC(=O)C(C)N(C)C(=O)C(C)NC(=O)C(C)NC(=O)C(C)N(C)C(=O)C(C)NC(=O)C(C)N(C)C(C)=O. The van der Waals surface area contributed by atoms with E-state index >= 15 is 0 Å². The molecule has 0 radical (unpaired) electrons. The van der Waals surface area contributed by atoms with E-state index in [0.717, 1.165) is 26.5 Å². The summed E-state index contributed by atoms with van der Waals surface area (Å²) in [5.74, 6) is -9.40. The normalized spacial score (nSPS) is 17.0. The number of carboxylic acid groups (broad SMARTS) is 1. The molecule has 0 aromatic rings. The van der Waals surface area contributed by atoms with Crippen LogP contribution >= 0.6 is 0 Å². The number of aliphatic hydroxyl groups is 2. The van der Waals surface area contributed by atoms with Gasteiger partial charge in [-0.3, -0.25) is 47.9 Å². The van der Waals surface area contributed by atoms with Crippen molar-refractivity contribution in [3.05, 3.63) is 12.2 Å². The maximum Gasteiger partial charge on any atom is 0.328 e. The fourth-order valence-electron chi connectivity index (χ4n) is 6.47. The van der Waals surface area contributed by atoms with Crippen LogP contribution in [0.4, 0.5) is 0 Å². The highest BCUT2D eigenvalue weighted by Crippen LogP contribution is 2.19. The third kappa shape index (κ3) is 17.2. The van der Waals surface area contributed by atoms with Crippen molar-refractivity contribution in [3.8, 4) is 0 Å². The molecule has 24 heteroatoms. The Kier molecular flexibility index (Phi) is 25.1. The molecule has 10 amide bonds. The van der Waals surface area contributed by atoms with Crippen LogP contribution in [0.1, 0.15) is 89.5 Å². The van der Waals surface area contributed by atoms with Crippen LogP contribution in [0.5, 0.6) is 0 Å². The summed E-state index contributed by atoms with van der Waals surface area (Å²) in [5, 5.41) is 42.9. The molecule has 0 aliphatic heterocycles. The van der Waals surface area contributed by atoms with Crippen molar-refractivity contribution in [2.24, 2.45) is 5.92 Å². The summed E-state index contributed by atoms with van der Waals surface area (Å²) in [7, 11) is 6.52. The number of aliphatic hydroxyl groups excluding tert-OH is 2. The minimum Gasteiger partial charge on any atom is -0.480 e. The largest absolute Gasteiger partial charge is 0.480 e. The molecule has 0 aromatic heterocycles. The van der Waals surface area contributed by atoms with Gasteiger partial charge in [-0.05, 0) is 81.6 Å². The number of likely N-dealkylation sites (N-methyl/N-ethyl adjacent to an activating group) is 5. The highest BCUT2D eigenvalue weighted by molar-refractivity contribution is 5.98. The van der Waals surface area contributed by atoms with Crippen LogP contribution < -0.4 is 26.6 Å². The van der Waals surface area contributed by atoms with Gasteiger partial charge in [-0.15, -0.1) is 0 Å². The summed E-state index contributed by atoms with van der Waals surface area (Å²) in [6.07, 6.45) is 0.692. The Balaban J connectivity index is 5.70. The molecule has 0 spiro atoms. The topological polar surface area (TPSA) is 325 Å². The van der Waals surface area contributed by atoms with Crippen molar-refractivity contribution in [2.45, 2.75) is 162 Å². The van der Waals surface area contributed by atoms with Gasteiger partial charge in [0.1, 0.15) is 54.4 Å². The summed E-state index contributed by atoms with van der Waals surface area (Å²) < 4.78 is 0. The number of carbonyl (C=O) groups is 11. The number of nitrogens with zero attached hydrogens (tertiary/aromatic N) is 5. The van der Waals surface area contributed by atoms with Crippen molar-refractivity contribution in [3.63, 3.8) is 0 Å². The number of hydrogen-bond donors (Lipinski definition) is 8. The Morgan fingerprint density at radius 1 is 0.471 bits per heavy atom. The van der Waals surface area contributed by atoms with Crippen LogP contribution in [-0.2, 0) is 52.7 Å². The number of carbonyl (C=O) groups excluding carboxylic acids is 10. The second kappa shape index (κ2) is 27.6.